The fourth-order valence-corrected chi connectivity index (χ4v) is 3.13. The molecule has 20 heavy (non-hydrogen) atoms. The van der Waals surface area contributed by atoms with Crippen LogP contribution in [0.5, 0.6) is 0 Å². The van der Waals surface area contributed by atoms with Gasteiger partial charge in [-0.15, -0.1) is 41.8 Å². The molecule has 1 N–H and O–H groups in total. The van der Waals surface area contributed by atoms with Gasteiger partial charge in [-0.1, -0.05) is 11.5 Å². The van der Waals surface area contributed by atoms with Crippen LogP contribution in [0.1, 0.15) is 6.92 Å². The largest absolute Gasteiger partial charge is 0.346 e. The zero-order valence-electron chi connectivity index (χ0n) is 11.3. The maximum absolute atomic E-state index is 12.0. The van der Waals surface area contributed by atoms with Crippen molar-refractivity contribution >= 4 is 33.4 Å². The molecular formula is C14H17NO2S2Y-2. The maximum atomic E-state index is 12.0. The molecule has 0 aliphatic carbocycles. The molecule has 2 aromatic rings. The van der Waals surface area contributed by atoms with Gasteiger partial charge in [-0.3, -0.25) is 0 Å². The Morgan fingerprint density at radius 2 is 1.95 bits per heavy atom. The van der Waals surface area contributed by atoms with Crippen LogP contribution in [0, 0.1) is 13.0 Å². The molecule has 2 rings (SSSR count). The van der Waals surface area contributed by atoms with Crippen molar-refractivity contribution < 1.29 is 41.1 Å². The first-order valence-electron chi connectivity index (χ1n) is 5.86. The summed E-state index contributed by atoms with van der Waals surface area (Å²) in [6.07, 6.45) is 0. The van der Waals surface area contributed by atoms with Crippen molar-refractivity contribution in [3.63, 3.8) is 0 Å². The summed E-state index contributed by atoms with van der Waals surface area (Å²) < 4.78 is 26.6. The topological polar surface area (TPSA) is 46.2 Å². The monoisotopic (exact) mass is 384 g/mol. The molecule has 0 aliphatic rings. The van der Waals surface area contributed by atoms with Gasteiger partial charge in [-0.25, -0.2) is 13.1 Å². The molecule has 107 valence electrons. The van der Waals surface area contributed by atoms with Gasteiger partial charge in [0.2, 0.25) is 10.0 Å². The average molecular weight is 384 g/mol. The van der Waals surface area contributed by atoms with Crippen LogP contribution in [-0.4, -0.2) is 20.7 Å². The van der Waals surface area contributed by atoms with E-state index in [0.717, 1.165) is 5.39 Å². The van der Waals surface area contributed by atoms with Crippen molar-refractivity contribution in [1.29, 1.82) is 0 Å². The van der Waals surface area contributed by atoms with Crippen LogP contribution in [0.4, 0.5) is 0 Å². The second kappa shape index (κ2) is 9.90. The zero-order valence-corrected chi connectivity index (χ0v) is 15.9. The molecule has 0 heterocycles. The summed E-state index contributed by atoms with van der Waals surface area (Å²) in [5.41, 5.74) is 0. The number of benzene rings is 2. The third-order valence-corrected chi connectivity index (χ3v) is 4.10. The van der Waals surface area contributed by atoms with Crippen molar-refractivity contribution in [2.24, 2.45) is 0 Å². The van der Waals surface area contributed by atoms with E-state index in [1.54, 1.807) is 37.3 Å². The molecule has 0 aliphatic heterocycles. The maximum Gasteiger partial charge on any atom is 0.232 e. The van der Waals surface area contributed by atoms with Gasteiger partial charge < -0.3 is 6.92 Å². The van der Waals surface area contributed by atoms with Crippen LogP contribution in [0.15, 0.2) is 41.3 Å². The van der Waals surface area contributed by atoms with Crippen molar-refractivity contribution in [1.82, 2.24) is 4.72 Å². The summed E-state index contributed by atoms with van der Waals surface area (Å²) in [7, 11) is -3.47. The summed E-state index contributed by atoms with van der Waals surface area (Å²) in [6, 6.07) is 13.5. The number of hydrogen-bond acceptors (Lipinski definition) is 3. The number of hydrogen-bond donors (Lipinski definition) is 2. The Balaban J connectivity index is 0.00000115. The molecule has 0 bridgehead atoms. The average Bonchev–Trinajstić information content (AvgIpc) is 2.46. The van der Waals surface area contributed by atoms with Crippen LogP contribution in [0.25, 0.3) is 10.8 Å². The summed E-state index contributed by atoms with van der Waals surface area (Å²) >= 11 is 3.99. The Morgan fingerprint density at radius 1 is 1.25 bits per heavy atom. The molecule has 0 amide bonds. The van der Waals surface area contributed by atoms with E-state index in [-0.39, 0.29) is 37.6 Å². The molecule has 1 radical (unpaired) electrons. The summed E-state index contributed by atoms with van der Waals surface area (Å²) in [5, 5.41) is 1.47. The minimum absolute atomic E-state index is 0. The predicted molar refractivity (Wildman–Crippen MR) is 82.9 cm³/mol. The molecule has 2 aromatic carbocycles. The van der Waals surface area contributed by atoms with Crippen molar-refractivity contribution in [3.05, 3.63) is 49.4 Å². The predicted octanol–water partition coefficient (Wildman–Crippen LogP) is 2.69. The fraction of sp³-hybridized carbons (Fsp3) is 0.214. The molecule has 0 unspecified atom stereocenters. The number of thiol groups is 1. The minimum atomic E-state index is -3.47. The minimum Gasteiger partial charge on any atom is -0.346 e. The van der Waals surface area contributed by atoms with Gasteiger partial charge in [-0.2, -0.15) is 19.6 Å². The normalized spacial score (nSPS) is 10.3. The van der Waals surface area contributed by atoms with Crippen molar-refractivity contribution in [2.75, 3.05) is 12.3 Å². The van der Waals surface area contributed by atoms with Crippen LogP contribution < -0.4 is 4.72 Å². The molecule has 0 spiro atoms. The van der Waals surface area contributed by atoms with E-state index in [2.05, 4.69) is 30.3 Å². The summed E-state index contributed by atoms with van der Waals surface area (Å²) in [5.74, 6) is 0.468. The van der Waals surface area contributed by atoms with Gasteiger partial charge >= 0.3 is 0 Å². The summed E-state index contributed by atoms with van der Waals surface area (Å²) in [4.78, 5) is 0.286. The Labute approximate surface area is 151 Å². The summed E-state index contributed by atoms with van der Waals surface area (Å²) in [6.45, 7) is 5.32. The van der Waals surface area contributed by atoms with E-state index in [1.165, 1.54) is 0 Å². The van der Waals surface area contributed by atoms with Gasteiger partial charge in [0.1, 0.15) is 0 Å². The fourth-order valence-electron chi connectivity index (χ4n) is 1.62. The SMILES string of the molecule is O=S(=O)(NCCS)c1cccc2[c-]cccc12.[CH2-]C.[Y]. The molecule has 0 saturated carbocycles. The van der Waals surface area contributed by atoms with E-state index in [4.69, 9.17) is 0 Å². The Kier molecular flexibility index (Phi) is 9.93. The van der Waals surface area contributed by atoms with Crippen LogP contribution in [0.3, 0.4) is 0 Å². The Bertz CT molecular complexity index is 625. The number of nitrogens with one attached hydrogen (secondary N) is 1. The van der Waals surface area contributed by atoms with E-state index in [9.17, 15) is 8.42 Å². The number of rotatable bonds is 4. The standard InChI is InChI=1S/C12H12NO2S2.C2H5.Y/c14-17(15,13-8-9-16)12-7-3-5-10-4-1-2-6-11(10)12;1-2;/h1-3,5-7,13,16H,8-9H2;1H2,2H3;/q2*-1;. The first kappa shape index (κ1) is 20.1. The Morgan fingerprint density at radius 3 is 2.60 bits per heavy atom. The van der Waals surface area contributed by atoms with Gasteiger partial charge in [0, 0.05) is 49.9 Å². The van der Waals surface area contributed by atoms with Crippen LogP contribution >= 0.6 is 12.6 Å². The van der Waals surface area contributed by atoms with Crippen molar-refractivity contribution in [3.8, 4) is 0 Å². The molecule has 0 saturated heterocycles. The third kappa shape index (κ3) is 5.12. The number of fused-ring (bicyclic) bond motifs is 1. The van der Waals surface area contributed by atoms with E-state index in [1.807, 2.05) is 6.07 Å². The van der Waals surface area contributed by atoms with E-state index >= 15 is 0 Å². The first-order chi connectivity index (χ1) is 9.15. The molecule has 3 nitrogen and oxygen atoms in total. The van der Waals surface area contributed by atoms with Gasteiger partial charge in [-0.05, 0) is 0 Å². The van der Waals surface area contributed by atoms with Crippen LogP contribution in [0.2, 0.25) is 0 Å². The molecule has 0 aromatic heterocycles. The quantitative estimate of drug-likeness (QED) is 0.629. The first-order valence-corrected chi connectivity index (χ1v) is 7.97. The van der Waals surface area contributed by atoms with E-state index < -0.39 is 10.0 Å². The molecule has 0 fully saturated rings. The third-order valence-electron chi connectivity index (χ3n) is 2.36. The zero-order chi connectivity index (χ0) is 14.3. The second-order valence-corrected chi connectivity index (χ2v) is 5.69. The smallest absolute Gasteiger partial charge is 0.232 e. The number of sulfonamides is 1. The van der Waals surface area contributed by atoms with Gasteiger partial charge in [0.25, 0.3) is 0 Å². The molecule has 6 heteroatoms. The van der Waals surface area contributed by atoms with Crippen molar-refractivity contribution in [2.45, 2.75) is 11.8 Å². The second-order valence-electron chi connectivity index (χ2n) is 3.51. The Hall–Kier alpha value is 0.0639. The van der Waals surface area contributed by atoms with Gasteiger partial charge in [0.05, 0.1) is 0 Å². The molecular weight excluding hydrogens is 367 g/mol. The van der Waals surface area contributed by atoms with Crippen LogP contribution in [-0.2, 0) is 42.7 Å². The van der Waals surface area contributed by atoms with Gasteiger partial charge in [0.15, 0.2) is 0 Å². The van der Waals surface area contributed by atoms with E-state index in [0.29, 0.717) is 17.7 Å². The molecule has 0 atom stereocenters.